The Bertz CT molecular complexity index is 807. The Hall–Kier alpha value is -2.14. The summed E-state index contributed by atoms with van der Waals surface area (Å²) in [7, 11) is 0. The number of benzene rings is 1. The Morgan fingerprint density at radius 3 is 2.46 bits per heavy atom. The van der Waals surface area contributed by atoms with Crippen molar-refractivity contribution in [2.45, 2.75) is 6.18 Å². The van der Waals surface area contributed by atoms with Crippen LogP contribution in [-0.2, 0) is 6.18 Å². The highest BCUT2D eigenvalue weighted by molar-refractivity contribution is 7.15. The number of urea groups is 1. The molecule has 1 saturated heterocycles. The lowest BCUT2D eigenvalue weighted by atomic mass is 10.3. The van der Waals surface area contributed by atoms with Crippen molar-refractivity contribution in [3.8, 4) is 0 Å². The largest absolute Gasteiger partial charge is 0.445 e. The van der Waals surface area contributed by atoms with Gasteiger partial charge in [0.2, 0.25) is 10.1 Å². The molecular weight excluding hydrogens is 398 g/mol. The van der Waals surface area contributed by atoms with Crippen LogP contribution in [0.2, 0.25) is 5.02 Å². The lowest BCUT2D eigenvalue weighted by molar-refractivity contribution is -0.138. The van der Waals surface area contributed by atoms with Crippen LogP contribution in [0.3, 0.4) is 0 Å². The number of piperazine rings is 1. The normalized spacial score (nSPS) is 15.3. The predicted molar refractivity (Wildman–Crippen MR) is 89.1 cm³/mol. The molecule has 26 heavy (non-hydrogen) atoms. The van der Waals surface area contributed by atoms with Gasteiger partial charge in [0, 0.05) is 31.9 Å². The highest BCUT2D eigenvalue weighted by Crippen LogP contribution is 2.34. The molecule has 1 aromatic carbocycles. The molecule has 0 atom stereocenters. The molecule has 2 heterocycles. The fraction of sp³-hybridized carbons (Fsp3) is 0.357. The quantitative estimate of drug-likeness (QED) is 0.768. The van der Waals surface area contributed by atoms with Gasteiger partial charge in [0.25, 0.3) is 0 Å². The van der Waals surface area contributed by atoms with E-state index in [4.69, 9.17) is 11.6 Å². The summed E-state index contributed by atoms with van der Waals surface area (Å²) in [6, 6.07) is 3.48. The van der Waals surface area contributed by atoms with E-state index in [2.05, 4.69) is 15.5 Å². The monoisotopic (exact) mass is 409 g/mol. The maximum Gasteiger partial charge on any atom is 0.445 e. The molecule has 0 saturated carbocycles. The smallest absolute Gasteiger partial charge is 0.343 e. The lowest BCUT2D eigenvalue weighted by Crippen LogP contribution is -2.50. The van der Waals surface area contributed by atoms with Gasteiger partial charge in [-0.3, -0.25) is 0 Å². The molecule has 0 unspecified atom stereocenters. The highest BCUT2D eigenvalue weighted by Gasteiger charge is 2.36. The number of hydrogen-bond donors (Lipinski definition) is 1. The molecule has 1 fully saturated rings. The van der Waals surface area contributed by atoms with E-state index < -0.39 is 23.0 Å². The van der Waals surface area contributed by atoms with Gasteiger partial charge < -0.3 is 15.1 Å². The zero-order valence-corrected chi connectivity index (χ0v) is 14.6. The van der Waals surface area contributed by atoms with Gasteiger partial charge >= 0.3 is 12.2 Å². The second-order valence-electron chi connectivity index (χ2n) is 5.42. The van der Waals surface area contributed by atoms with Crippen molar-refractivity contribution in [2.75, 3.05) is 36.4 Å². The number of nitrogens with one attached hydrogen (secondary N) is 1. The van der Waals surface area contributed by atoms with E-state index in [1.807, 2.05) is 0 Å². The SMILES string of the molecule is O=C(Nc1ccc(Cl)c(F)c1)N1CCN(c2nnc(C(F)(F)F)s2)CC1. The molecule has 1 aliphatic heterocycles. The zero-order valence-electron chi connectivity index (χ0n) is 13.1. The van der Waals surface area contributed by atoms with E-state index in [1.165, 1.54) is 17.0 Å². The molecule has 3 rings (SSSR count). The van der Waals surface area contributed by atoms with Crippen LogP contribution in [0, 0.1) is 5.82 Å². The first-order valence-electron chi connectivity index (χ1n) is 7.40. The molecule has 1 aromatic heterocycles. The minimum atomic E-state index is -4.52. The van der Waals surface area contributed by atoms with Gasteiger partial charge in [-0.15, -0.1) is 10.2 Å². The summed E-state index contributed by atoms with van der Waals surface area (Å²) in [6.07, 6.45) is -4.52. The molecule has 0 aliphatic carbocycles. The van der Waals surface area contributed by atoms with Crippen molar-refractivity contribution in [2.24, 2.45) is 0 Å². The summed E-state index contributed by atoms with van der Waals surface area (Å²) in [5, 5.41) is 8.38. The van der Waals surface area contributed by atoms with E-state index in [-0.39, 0.29) is 28.9 Å². The number of alkyl halides is 3. The van der Waals surface area contributed by atoms with Gasteiger partial charge in [0.1, 0.15) is 5.82 Å². The van der Waals surface area contributed by atoms with Gasteiger partial charge in [-0.25, -0.2) is 9.18 Å². The zero-order chi connectivity index (χ0) is 18.9. The van der Waals surface area contributed by atoms with Gasteiger partial charge in [0.15, 0.2) is 0 Å². The Labute approximate surface area is 154 Å². The lowest BCUT2D eigenvalue weighted by Gasteiger charge is -2.34. The second-order valence-corrected chi connectivity index (χ2v) is 6.78. The number of carbonyl (C=O) groups is 1. The van der Waals surface area contributed by atoms with Crippen molar-refractivity contribution < 1.29 is 22.4 Å². The minimum absolute atomic E-state index is 0.0492. The molecule has 2 aromatic rings. The maximum absolute atomic E-state index is 13.4. The molecule has 0 spiro atoms. The molecule has 12 heteroatoms. The van der Waals surface area contributed by atoms with Crippen molar-refractivity contribution in [3.05, 3.63) is 34.0 Å². The van der Waals surface area contributed by atoms with Crippen LogP contribution in [0.15, 0.2) is 18.2 Å². The van der Waals surface area contributed by atoms with Crippen molar-refractivity contribution in [1.82, 2.24) is 15.1 Å². The molecule has 2 amide bonds. The fourth-order valence-corrected chi connectivity index (χ4v) is 3.22. The third kappa shape index (κ3) is 4.15. The number of hydrogen-bond acceptors (Lipinski definition) is 5. The Morgan fingerprint density at radius 1 is 1.19 bits per heavy atom. The summed E-state index contributed by atoms with van der Waals surface area (Å²) >= 11 is 6.05. The summed E-state index contributed by atoms with van der Waals surface area (Å²) in [4.78, 5) is 15.3. The topological polar surface area (TPSA) is 61.4 Å². The van der Waals surface area contributed by atoms with Crippen molar-refractivity contribution in [1.29, 1.82) is 0 Å². The summed E-state index contributed by atoms with van der Waals surface area (Å²) < 4.78 is 51.2. The van der Waals surface area contributed by atoms with Crippen LogP contribution in [0.1, 0.15) is 5.01 Å². The van der Waals surface area contributed by atoms with E-state index in [9.17, 15) is 22.4 Å². The van der Waals surface area contributed by atoms with Crippen LogP contribution in [0.4, 0.5) is 33.2 Å². The van der Waals surface area contributed by atoms with Crippen LogP contribution in [-0.4, -0.2) is 47.3 Å². The minimum Gasteiger partial charge on any atom is -0.343 e. The number of aromatic nitrogens is 2. The molecule has 140 valence electrons. The van der Waals surface area contributed by atoms with Crippen molar-refractivity contribution >= 4 is 39.8 Å². The molecule has 0 bridgehead atoms. The average molecular weight is 410 g/mol. The van der Waals surface area contributed by atoms with E-state index in [0.29, 0.717) is 24.4 Å². The average Bonchev–Trinajstić information content (AvgIpc) is 3.09. The molecular formula is C14H12ClF4N5OS. The number of rotatable bonds is 2. The van der Waals surface area contributed by atoms with Crippen LogP contribution < -0.4 is 10.2 Å². The standard InChI is InChI=1S/C14H12ClF4N5OS/c15-9-2-1-8(7-10(9)16)20-12(25)23-3-5-24(6-4-23)13-22-21-11(26-13)14(17,18)19/h1-2,7H,3-6H2,(H,20,25). The van der Waals surface area contributed by atoms with E-state index >= 15 is 0 Å². The van der Waals surface area contributed by atoms with E-state index in [1.54, 1.807) is 4.90 Å². The van der Waals surface area contributed by atoms with Gasteiger partial charge in [-0.1, -0.05) is 22.9 Å². The molecule has 1 N–H and O–H groups in total. The summed E-state index contributed by atoms with van der Waals surface area (Å²) in [5.41, 5.74) is 0.262. The van der Waals surface area contributed by atoms with Gasteiger partial charge in [0.05, 0.1) is 5.02 Å². The third-order valence-electron chi connectivity index (χ3n) is 3.67. The fourth-order valence-electron chi connectivity index (χ4n) is 2.34. The first-order chi connectivity index (χ1) is 12.2. The first-order valence-corrected chi connectivity index (χ1v) is 8.60. The Balaban J connectivity index is 1.57. The predicted octanol–water partition coefficient (Wildman–Crippen LogP) is 3.70. The summed E-state index contributed by atoms with van der Waals surface area (Å²) in [6.45, 7) is 1.19. The van der Waals surface area contributed by atoms with Crippen LogP contribution >= 0.6 is 22.9 Å². The Morgan fingerprint density at radius 2 is 1.88 bits per heavy atom. The number of nitrogens with zero attached hydrogens (tertiary/aromatic N) is 4. The van der Waals surface area contributed by atoms with Crippen LogP contribution in [0.5, 0.6) is 0 Å². The molecule has 0 radical (unpaired) electrons. The van der Waals surface area contributed by atoms with Crippen LogP contribution in [0.25, 0.3) is 0 Å². The second kappa shape index (κ2) is 7.23. The van der Waals surface area contributed by atoms with Crippen molar-refractivity contribution in [3.63, 3.8) is 0 Å². The summed E-state index contributed by atoms with van der Waals surface area (Å²) in [5.74, 6) is -0.647. The first kappa shape index (κ1) is 18.6. The third-order valence-corrected chi connectivity index (χ3v) is 5.00. The maximum atomic E-state index is 13.4. The molecule has 6 nitrogen and oxygen atoms in total. The number of carbonyl (C=O) groups excluding carboxylic acids is 1. The van der Waals surface area contributed by atoms with Gasteiger partial charge in [-0.05, 0) is 18.2 Å². The number of amides is 2. The number of halogens is 5. The van der Waals surface area contributed by atoms with E-state index in [0.717, 1.165) is 6.07 Å². The molecule has 1 aliphatic rings. The van der Waals surface area contributed by atoms with Gasteiger partial charge in [-0.2, -0.15) is 13.2 Å². The number of anilines is 2. The highest BCUT2D eigenvalue weighted by atomic mass is 35.5. The Kier molecular flexibility index (Phi) is 5.19.